The zero-order chi connectivity index (χ0) is 22.9. The van der Waals surface area contributed by atoms with Gasteiger partial charge in [-0.05, 0) is 52.0 Å². The molecule has 3 rings (SSSR count). The molecule has 2 aromatic rings. The highest BCUT2D eigenvalue weighted by molar-refractivity contribution is 7.89. The summed E-state index contributed by atoms with van der Waals surface area (Å²) in [6, 6.07) is 11.5. The molecule has 1 aliphatic rings. The maximum atomic E-state index is 12.9. The third kappa shape index (κ3) is 6.12. The Morgan fingerprint density at radius 2 is 1.32 bits per heavy atom. The van der Waals surface area contributed by atoms with Crippen molar-refractivity contribution >= 4 is 20.1 Å². The number of ether oxygens (including phenoxy) is 2. The summed E-state index contributed by atoms with van der Waals surface area (Å²) in [6.45, 7) is 6.70. The Kier molecular flexibility index (Phi) is 6.90. The lowest BCUT2D eigenvalue weighted by atomic mass is 10.2. The molecule has 2 unspecified atom stereocenters. The third-order valence-electron chi connectivity index (χ3n) is 4.85. The molecule has 31 heavy (non-hydrogen) atoms. The Bertz CT molecular complexity index is 1020. The van der Waals surface area contributed by atoms with Crippen molar-refractivity contribution in [1.82, 2.24) is 4.72 Å². The molecule has 0 spiro atoms. The molecule has 2 aromatic carbocycles. The Morgan fingerprint density at radius 1 is 0.839 bits per heavy atom. The first-order chi connectivity index (χ1) is 14.4. The van der Waals surface area contributed by atoms with Crippen LogP contribution < -0.4 is 4.72 Å². The van der Waals surface area contributed by atoms with Gasteiger partial charge in [0.15, 0.2) is 5.79 Å². The number of aryl methyl sites for hydroxylation is 2. The van der Waals surface area contributed by atoms with Crippen LogP contribution in [0.25, 0.3) is 0 Å². The van der Waals surface area contributed by atoms with Crippen LogP contribution in [-0.2, 0) is 33.8 Å². The van der Waals surface area contributed by atoms with Crippen molar-refractivity contribution in [2.45, 2.75) is 55.4 Å². The first-order valence-electron chi connectivity index (χ1n) is 9.75. The van der Waals surface area contributed by atoms with E-state index in [1.54, 1.807) is 38.1 Å². The minimum Gasteiger partial charge on any atom is -0.349 e. The normalized spacial score (nSPS) is 22.1. The standard InChI is InChI=1S/C21H27NO7S2/c1-15-5-9-17(10-6-15)30(23,24)22-19-13-27-21(3,4)28-14-20(19)29-31(25,26)18-11-7-16(2)8-12-18/h5-12,19-20,22H,13-14H2,1-4H3. The van der Waals surface area contributed by atoms with E-state index in [1.807, 2.05) is 13.8 Å². The lowest BCUT2D eigenvalue weighted by Crippen LogP contribution is -2.48. The van der Waals surface area contributed by atoms with E-state index >= 15 is 0 Å². The van der Waals surface area contributed by atoms with Crippen molar-refractivity contribution in [2.24, 2.45) is 0 Å². The van der Waals surface area contributed by atoms with Crippen molar-refractivity contribution in [1.29, 1.82) is 0 Å². The summed E-state index contributed by atoms with van der Waals surface area (Å²) in [5.74, 6) is -1.03. The molecule has 1 aliphatic heterocycles. The second-order valence-electron chi connectivity index (χ2n) is 7.96. The van der Waals surface area contributed by atoms with Gasteiger partial charge in [0.2, 0.25) is 10.0 Å². The SMILES string of the molecule is Cc1ccc(S(=O)(=O)NC2COC(C)(C)OCC2OS(=O)(=O)c2ccc(C)cc2)cc1. The van der Waals surface area contributed by atoms with Gasteiger partial charge in [0, 0.05) is 0 Å². The molecule has 170 valence electrons. The van der Waals surface area contributed by atoms with Crippen LogP contribution in [-0.4, -0.2) is 48.0 Å². The van der Waals surface area contributed by atoms with E-state index in [2.05, 4.69) is 4.72 Å². The van der Waals surface area contributed by atoms with Crippen molar-refractivity contribution in [2.75, 3.05) is 13.2 Å². The minimum atomic E-state index is -4.16. The quantitative estimate of drug-likeness (QED) is 0.648. The summed E-state index contributed by atoms with van der Waals surface area (Å²) >= 11 is 0. The smallest absolute Gasteiger partial charge is 0.297 e. The average Bonchev–Trinajstić information content (AvgIpc) is 2.81. The lowest BCUT2D eigenvalue weighted by Gasteiger charge is -2.24. The highest BCUT2D eigenvalue weighted by Crippen LogP contribution is 2.24. The molecule has 0 saturated carbocycles. The van der Waals surface area contributed by atoms with Gasteiger partial charge in [-0.15, -0.1) is 0 Å². The summed E-state index contributed by atoms with van der Waals surface area (Å²) in [7, 11) is -8.11. The summed E-state index contributed by atoms with van der Waals surface area (Å²) in [6.07, 6.45) is -1.13. The number of nitrogens with one attached hydrogen (secondary N) is 1. The molecule has 1 fully saturated rings. The van der Waals surface area contributed by atoms with Crippen LogP contribution in [0.5, 0.6) is 0 Å². The first kappa shape index (κ1) is 23.8. The topological polar surface area (TPSA) is 108 Å². The van der Waals surface area contributed by atoms with Crippen LogP contribution >= 0.6 is 0 Å². The number of sulfonamides is 1. The molecule has 0 bridgehead atoms. The van der Waals surface area contributed by atoms with Gasteiger partial charge in [0.05, 0.1) is 29.0 Å². The van der Waals surface area contributed by atoms with Crippen molar-refractivity contribution in [3.8, 4) is 0 Å². The van der Waals surface area contributed by atoms with Crippen molar-refractivity contribution in [3.05, 3.63) is 59.7 Å². The monoisotopic (exact) mass is 469 g/mol. The summed E-state index contributed by atoms with van der Waals surface area (Å²) in [4.78, 5) is 0.0327. The van der Waals surface area contributed by atoms with Crippen LogP contribution in [0.3, 0.4) is 0 Å². The van der Waals surface area contributed by atoms with Gasteiger partial charge in [0.1, 0.15) is 6.10 Å². The fraction of sp³-hybridized carbons (Fsp3) is 0.429. The van der Waals surface area contributed by atoms with Crippen molar-refractivity contribution < 1.29 is 30.5 Å². The second-order valence-corrected chi connectivity index (χ2v) is 11.3. The first-order valence-corrected chi connectivity index (χ1v) is 12.6. The lowest BCUT2D eigenvalue weighted by molar-refractivity contribution is -0.203. The van der Waals surface area contributed by atoms with Gasteiger partial charge >= 0.3 is 0 Å². The van der Waals surface area contributed by atoms with E-state index in [9.17, 15) is 16.8 Å². The molecule has 0 amide bonds. The summed E-state index contributed by atoms with van der Waals surface area (Å²) < 4.78 is 70.6. The molecule has 10 heteroatoms. The van der Waals surface area contributed by atoms with Gasteiger partial charge in [0.25, 0.3) is 10.1 Å². The van der Waals surface area contributed by atoms with E-state index in [1.165, 1.54) is 24.3 Å². The van der Waals surface area contributed by atoms with Crippen LogP contribution in [0.4, 0.5) is 0 Å². The molecule has 1 saturated heterocycles. The molecule has 2 atom stereocenters. The molecule has 0 radical (unpaired) electrons. The maximum absolute atomic E-state index is 12.9. The van der Waals surface area contributed by atoms with Gasteiger partial charge < -0.3 is 9.47 Å². The molecular weight excluding hydrogens is 442 g/mol. The van der Waals surface area contributed by atoms with E-state index in [0.29, 0.717) is 0 Å². The predicted octanol–water partition coefficient (Wildman–Crippen LogP) is 2.51. The van der Waals surface area contributed by atoms with Gasteiger partial charge in [-0.25, -0.2) is 13.1 Å². The average molecular weight is 470 g/mol. The maximum Gasteiger partial charge on any atom is 0.297 e. The molecule has 8 nitrogen and oxygen atoms in total. The van der Waals surface area contributed by atoms with Crippen LogP contribution in [0.1, 0.15) is 25.0 Å². The highest BCUT2D eigenvalue weighted by atomic mass is 32.2. The molecule has 0 aliphatic carbocycles. The zero-order valence-corrected chi connectivity index (χ0v) is 19.5. The van der Waals surface area contributed by atoms with E-state index in [4.69, 9.17) is 13.7 Å². The Balaban J connectivity index is 1.88. The summed E-state index contributed by atoms with van der Waals surface area (Å²) in [5.41, 5.74) is 1.81. The summed E-state index contributed by atoms with van der Waals surface area (Å²) in [5, 5.41) is 0. The molecule has 1 N–H and O–H groups in total. The molecule has 1 heterocycles. The van der Waals surface area contributed by atoms with E-state index < -0.39 is 38.1 Å². The van der Waals surface area contributed by atoms with Gasteiger partial charge in [-0.1, -0.05) is 35.4 Å². The Labute approximate surface area is 183 Å². The minimum absolute atomic E-state index is 0.0253. The third-order valence-corrected chi connectivity index (χ3v) is 7.71. The predicted molar refractivity (Wildman–Crippen MR) is 115 cm³/mol. The number of benzene rings is 2. The fourth-order valence-electron chi connectivity index (χ4n) is 2.95. The molecular formula is C21H27NO7S2. The molecule has 0 aromatic heterocycles. The number of hydrogen-bond acceptors (Lipinski definition) is 7. The highest BCUT2D eigenvalue weighted by Gasteiger charge is 2.38. The van der Waals surface area contributed by atoms with Gasteiger partial charge in [-0.3, -0.25) is 4.18 Å². The van der Waals surface area contributed by atoms with Crippen LogP contribution in [0.15, 0.2) is 58.3 Å². The van der Waals surface area contributed by atoms with Crippen LogP contribution in [0.2, 0.25) is 0 Å². The second kappa shape index (κ2) is 8.97. The Hall–Kier alpha value is -1.82. The van der Waals surface area contributed by atoms with E-state index in [0.717, 1.165) is 11.1 Å². The van der Waals surface area contributed by atoms with Crippen LogP contribution in [0, 0.1) is 13.8 Å². The number of rotatable bonds is 6. The largest absolute Gasteiger partial charge is 0.349 e. The van der Waals surface area contributed by atoms with Gasteiger partial charge in [-0.2, -0.15) is 8.42 Å². The number of hydrogen-bond donors (Lipinski definition) is 1. The fourth-order valence-corrected chi connectivity index (χ4v) is 5.30. The Morgan fingerprint density at radius 3 is 1.87 bits per heavy atom. The van der Waals surface area contributed by atoms with E-state index in [-0.39, 0.29) is 23.0 Å². The van der Waals surface area contributed by atoms with Crippen molar-refractivity contribution in [3.63, 3.8) is 0 Å². The zero-order valence-electron chi connectivity index (χ0n) is 17.9.